The van der Waals surface area contributed by atoms with Gasteiger partial charge in [-0.2, -0.15) is 0 Å². The Balaban J connectivity index is 1.53. The molecule has 2 aliphatic rings. The molecule has 0 unspecified atom stereocenters. The number of hydrogen-bond donors (Lipinski definition) is 2. The largest absolute Gasteiger partial charge is 0.378 e. The van der Waals surface area contributed by atoms with Gasteiger partial charge >= 0.3 is 6.03 Å². The molecule has 1 saturated carbocycles. The maximum atomic E-state index is 11.6. The molecule has 1 aliphatic heterocycles. The van der Waals surface area contributed by atoms with Gasteiger partial charge in [0.1, 0.15) is 0 Å². The van der Waals surface area contributed by atoms with Crippen molar-refractivity contribution in [3.63, 3.8) is 0 Å². The zero-order chi connectivity index (χ0) is 11.9. The second-order valence-electron chi connectivity index (χ2n) is 5.16. The molecule has 1 aliphatic carbocycles. The maximum absolute atomic E-state index is 11.6. The van der Waals surface area contributed by atoms with Crippen molar-refractivity contribution in [3.8, 4) is 0 Å². The summed E-state index contributed by atoms with van der Waals surface area (Å²) in [6, 6.07) is 0.390. The molecule has 0 aromatic rings. The second-order valence-corrected chi connectivity index (χ2v) is 5.16. The van der Waals surface area contributed by atoms with Crippen molar-refractivity contribution in [1.82, 2.24) is 10.6 Å². The third-order valence-corrected chi connectivity index (χ3v) is 3.72. The Morgan fingerprint density at radius 2 is 1.94 bits per heavy atom. The Morgan fingerprint density at radius 3 is 2.65 bits per heavy atom. The average Bonchev–Trinajstić information content (AvgIpc) is 2.83. The van der Waals surface area contributed by atoms with Crippen LogP contribution in [0.4, 0.5) is 4.79 Å². The molecule has 17 heavy (non-hydrogen) atoms. The first-order valence-electron chi connectivity index (χ1n) is 7.00. The molecule has 4 nitrogen and oxygen atoms in total. The Labute approximate surface area is 103 Å². The molecule has 0 spiro atoms. The average molecular weight is 240 g/mol. The van der Waals surface area contributed by atoms with Gasteiger partial charge in [0.05, 0.1) is 6.10 Å². The quantitative estimate of drug-likeness (QED) is 0.791. The van der Waals surface area contributed by atoms with Crippen molar-refractivity contribution in [2.75, 3.05) is 13.2 Å². The summed E-state index contributed by atoms with van der Waals surface area (Å²) in [6.45, 7) is 1.61. The summed E-state index contributed by atoms with van der Waals surface area (Å²) in [6.07, 6.45) is 9.71. The van der Waals surface area contributed by atoms with Crippen LogP contribution in [0.3, 0.4) is 0 Å². The molecule has 0 bridgehead atoms. The SMILES string of the molecule is O=C(NCC[C@@H]1CCCO1)NC1CCCCC1. The number of carbonyl (C=O) groups excluding carboxylic acids is 1. The summed E-state index contributed by atoms with van der Waals surface area (Å²) < 4.78 is 5.51. The predicted molar refractivity (Wildman–Crippen MR) is 67.0 cm³/mol. The van der Waals surface area contributed by atoms with Crippen molar-refractivity contribution in [3.05, 3.63) is 0 Å². The summed E-state index contributed by atoms with van der Waals surface area (Å²) in [5.41, 5.74) is 0. The second kappa shape index (κ2) is 6.84. The van der Waals surface area contributed by atoms with E-state index in [0.29, 0.717) is 12.1 Å². The monoisotopic (exact) mass is 240 g/mol. The zero-order valence-electron chi connectivity index (χ0n) is 10.5. The molecule has 1 saturated heterocycles. The first kappa shape index (κ1) is 12.7. The lowest BCUT2D eigenvalue weighted by Crippen LogP contribution is -2.43. The van der Waals surface area contributed by atoms with Crippen LogP contribution < -0.4 is 10.6 Å². The molecule has 0 aromatic carbocycles. The van der Waals surface area contributed by atoms with E-state index in [9.17, 15) is 4.79 Å². The lowest BCUT2D eigenvalue weighted by molar-refractivity contribution is 0.104. The van der Waals surface area contributed by atoms with E-state index in [4.69, 9.17) is 4.74 Å². The minimum Gasteiger partial charge on any atom is -0.378 e. The molecule has 98 valence electrons. The van der Waals surface area contributed by atoms with Gasteiger partial charge < -0.3 is 15.4 Å². The summed E-state index contributed by atoms with van der Waals surface area (Å²) in [5, 5.41) is 5.98. The number of rotatable bonds is 4. The van der Waals surface area contributed by atoms with Crippen LogP contribution in [0, 0.1) is 0 Å². The Bertz CT molecular complexity index is 234. The predicted octanol–water partition coefficient (Wildman–Crippen LogP) is 2.19. The van der Waals surface area contributed by atoms with Crippen LogP contribution in [0.15, 0.2) is 0 Å². The highest BCUT2D eigenvalue weighted by Gasteiger charge is 2.17. The van der Waals surface area contributed by atoms with Crippen LogP contribution in [0.1, 0.15) is 51.4 Å². The topological polar surface area (TPSA) is 50.4 Å². The number of urea groups is 1. The number of amides is 2. The van der Waals surface area contributed by atoms with Crippen molar-refractivity contribution in [2.24, 2.45) is 0 Å². The fourth-order valence-electron chi connectivity index (χ4n) is 2.70. The Morgan fingerprint density at radius 1 is 1.12 bits per heavy atom. The first-order chi connectivity index (χ1) is 8.34. The first-order valence-corrected chi connectivity index (χ1v) is 7.00. The van der Waals surface area contributed by atoms with Gasteiger partial charge in [0.2, 0.25) is 0 Å². The molecule has 0 aromatic heterocycles. The summed E-state index contributed by atoms with van der Waals surface area (Å²) in [5.74, 6) is 0. The van der Waals surface area contributed by atoms with Crippen LogP contribution >= 0.6 is 0 Å². The normalized spacial score (nSPS) is 25.8. The number of nitrogens with one attached hydrogen (secondary N) is 2. The Kier molecular flexibility index (Phi) is 5.10. The fraction of sp³-hybridized carbons (Fsp3) is 0.923. The lowest BCUT2D eigenvalue weighted by Gasteiger charge is -2.23. The van der Waals surface area contributed by atoms with Gasteiger partial charge in [0.15, 0.2) is 0 Å². The van der Waals surface area contributed by atoms with E-state index in [1.807, 2.05) is 0 Å². The molecular formula is C13H24N2O2. The van der Waals surface area contributed by atoms with E-state index in [0.717, 1.165) is 38.8 Å². The third-order valence-electron chi connectivity index (χ3n) is 3.72. The van der Waals surface area contributed by atoms with Gasteiger partial charge in [0.25, 0.3) is 0 Å². The van der Waals surface area contributed by atoms with Crippen molar-refractivity contribution < 1.29 is 9.53 Å². The van der Waals surface area contributed by atoms with E-state index in [1.165, 1.54) is 25.7 Å². The minimum atomic E-state index is -0.00473. The molecular weight excluding hydrogens is 216 g/mol. The minimum absolute atomic E-state index is 0.00473. The molecule has 0 radical (unpaired) electrons. The van der Waals surface area contributed by atoms with Crippen LogP contribution in [-0.4, -0.2) is 31.3 Å². The maximum Gasteiger partial charge on any atom is 0.315 e. The Hall–Kier alpha value is -0.770. The molecule has 2 rings (SSSR count). The lowest BCUT2D eigenvalue weighted by atomic mass is 9.96. The summed E-state index contributed by atoms with van der Waals surface area (Å²) >= 11 is 0. The van der Waals surface area contributed by atoms with Crippen LogP contribution in [0.5, 0.6) is 0 Å². The van der Waals surface area contributed by atoms with E-state index >= 15 is 0 Å². The van der Waals surface area contributed by atoms with Gasteiger partial charge in [0, 0.05) is 19.2 Å². The number of carbonyl (C=O) groups is 1. The zero-order valence-corrected chi connectivity index (χ0v) is 10.5. The third kappa shape index (κ3) is 4.54. The van der Waals surface area contributed by atoms with E-state index in [2.05, 4.69) is 10.6 Å². The van der Waals surface area contributed by atoms with E-state index in [1.54, 1.807) is 0 Å². The highest BCUT2D eigenvalue weighted by molar-refractivity contribution is 5.74. The highest BCUT2D eigenvalue weighted by atomic mass is 16.5. The molecule has 2 N–H and O–H groups in total. The molecule has 2 fully saturated rings. The molecule has 4 heteroatoms. The van der Waals surface area contributed by atoms with Crippen molar-refractivity contribution >= 4 is 6.03 Å². The van der Waals surface area contributed by atoms with Gasteiger partial charge in [-0.3, -0.25) is 0 Å². The molecule has 2 amide bonds. The standard InChI is InChI=1S/C13H24N2O2/c16-13(15-11-5-2-1-3-6-11)14-9-8-12-7-4-10-17-12/h11-12H,1-10H2,(H2,14,15,16)/t12-/m0/s1. The fourth-order valence-corrected chi connectivity index (χ4v) is 2.70. The van der Waals surface area contributed by atoms with Crippen LogP contribution in [-0.2, 0) is 4.74 Å². The van der Waals surface area contributed by atoms with E-state index < -0.39 is 0 Å². The molecule has 1 atom stereocenters. The summed E-state index contributed by atoms with van der Waals surface area (Å²) in [4.78, 5) is 11.6. The summed E-state index contributed by atoms with van der Waals surface area (Å²) in [7, 11) is 0. The van der Waals surface area contributed by atoms with Gasteiger partial charge in [-0.25, -0.2) is 4.79 Å². The van der Waals surface area contributed by atoms with Crippen molar-refractivity contribution in [1.29, 1.82) is 0 Å². The smallest absolute Gasteiger partial charge is 0.315 e. The molecule has 1 heterocycles. The van der Waals surface area contributed by atoms with Crippen LogP contribution in [0.25, 0.3) is 0 Å². The van der Waals surface area contributed by atoms with Crippen LogP contribution in [0.2, 0.25) is 0 Å². The van der Waals surface area contributed by atoms with Gasteiger partial charge in [-0.15, -0.1) is 0 Å². The van der Waals surface area contributed by atoms with Gasteiger partial charge in [-0.1, -0.05) is 19.3 Å². The van der Waals surface area contributed by atoms with E-state index in [-0.39, 0.29) is 6.03 Å². The number of ether oxygens (including phenoxy) is 1. The highest BCUT2D eigenvalue weighted by Crippen LogP contribution is 2.17. The van der Waals surface area contributed by atoms with Crippen molar-refractivity contribution in [2.45, 2.75) is 63.5 Å². The number of hydrogen-bond acceptors (Lipinski definition) is 2. The van der Waals surface area contributed by atoms with Gasteiger partial charge in [-0.05, 0) is 32.1 Å².